The summed E-state index contributed by atoms with van der Waals surface area (Å²) >= 11 is 0. The highest BCUT2D eigenvalue weighted by Gasteiger charge is 2.44. The molecule has 11 rings (SSSR count). The third kappa shape index (κ3) is 5.99. The van der Waals surface area contributed by atoms with Gasteiger partial charge in [0, 0.05) is 40.6 Å². The van der Waals surface area contributed by atoms with Gasteiger partial charge in [-0.1, -0.05) is 121 Å². The highest BCUT2D eigenvalue weighted by atomic mass is 15.2. The Balaban J connectivity index is 0.822. The van der Waals surface area contributed by atoms with Crippen molar-refractivity contribution in [1.82, 2.24) is 0 Å². The van der Waals surface area contributed by atoms with Crippen molar-refractivity contribution in [2.24, 2.45) is 0 Å². The molecule has 0 saturated heterocycles. The van der Waals surface area contributed by atoms with Crippen LogP contribution in [0.2, 0.25) is 0 Å². The van der Waals surface area contributed by atoms with Crippen LogP contribution in [0.1, 0.15) is 123 Å². The van der Waals surface area contributed by atoms with Crippen LogP contribution < -0.4 is 9.80 Å². The third-order valence-electron chi connectivity index (χ3n) is 14.6. The largest absolute Gasteiger partial charge is 0.341 e. The Labute approximate surface area is 334 Å². The predicted molar refractivity (Wildman–Crippen MR) is 234 cm³/mol. The highest BCUT2D eigenvalue weighted by Crippen LogP contribution is 2.54. The molecular formula is C54H54N2. The fourth-order valence-corrected chi connectivity index (χ4v) is 11.8. The molecule has 7 aliphatic rings. The molecule has 0 aromatic heterocycles. The summed E-state index contributed by atoms with van der Waals surface area (Å²) in [5, 5.41) is 0. The molecule has 5 aliphatic carbocycles. The number of para-hydroxylation sites is 1. The molecule has 0 bridgehead atoms. The lowest BCUT2D eigenvalue weighted by atomic mass is 9.73. The van der Waals surface area contributed by atoms with Crippen molar-refractivity contribution in [1.29, 1.82) is 0 Å². The van der Waals surface area contributed by atoms with Gasteiger partial charge in [0.15, 0.2) is 0 Å². The topological polar surface area (TPSA) is 6.48 Å². The Morgan fingerprint density at radius 1 is 0.536 bits per heavy atom. The van der Waals surface area contributed by atoms with Crippen molar-refractivity contribution < 1.29 is 0 Å². The summed E-state index contributed by atoms with van der Waals surface area (Å²) in [5.41, 5.74) is 17.8. The summed E-state index contributed by atoms with van der Waals surface area (Å²) in [6.45, 7) is 0. The van der Waals surface area contributed by atoms with Gasteiger partial charge in [-0.25, -0.2) is 0 Å². The molecule has 0 N–H and O–H groups in total. The van der Waals surface area contributed by atoms with Crippen LogP contribution in [0.25, 0.3) is 11.1 Å². The van der Waals surface area contributed by atoms with E-state index in [9.17, 15) is 0 Å². The Kier molecular flexibility index (Phi) is 8.82. The molecule has 2 heterocycles. The molecule has 0 amide bonds. The van der Waals surface area contributed by atoms with E-state index in [1.807, 2.05) is 0 Å². The number of rotatable bonds is 6. The van der Waals surface area contributed by atoms with Gasteiger partial charge >= 0.3 is 0 Å². The van der Waals surface area contributed by atoms with Crippen LogP contribution in [0, 0.1) is 0 Å². The van der Waals surface area contributed by atoms with Gasteiger partial charge in [0.1, 0.15) is 0 Å². The zero-order valence-corrected chi connectivity index (χ0v) is 32.7. The number of nitrogens with zero attached hydrogens (tertiary/aromatic N) is 2. The van der Waals surface area contributed by atoms with E-state index >= 15 is 0 Å². The van der Waals surface area contributed by atoms with Gasteiger partial charge in [-0.3, -0.25) is 0 Å². The lowest BCUT2D eigenvalue weighted by molar-refractivity contribution is 0.354. The number of allylic oxidation sites excluding steroid dienone is 10. The van der Waals surface area contributed by atoms with E-state index in [4.69, 9.17) is 0 Å². The van der Waals surface area contributed by atoms with Gasteiger partial charge in [-0.15, -0.1) is 0 Å². The summed E-state index contributed by atoms with van der Waals surface area (Å²) in [4.78, 5) is 5.44. The van der Waals surface area contributed by atoms with E-state index in [-0.39, 0.29) is 0 Å². The first-order chi connectivity index (χ1) is 27.8. The number of benzene rings is 4. The number of anilines is 2. The van der Waals surface area contributed by atoms with Gasteiger partial charge in [0.25, 0.3) is 0 Å². The zero-order valence-electron chi connectivity index (χ0n) is 32.7. The minimum absolute atomic E-state index is 0.356. The molecule has 1 fully saturated rings. The molecule has 280 valence electrons. The maximum absolute atomic E-state index is 2.79. The van der Waals surface area contributed by atoms with E-state index in [0.29, 0.717) is 35.8 Å². The van der Waals surface area contributed by atoms with Crippen molar-refractivity contribution in [3.05, 3.63) is 190 Å². The molecule has 0 spiro atoms. The molecule has 6 unspecified atom stereocenters. The number of hydrogen-bond donors (Lipinski definition) is 0. The van der Waals surface area contributed by atoms with Gasteiger partial charge in [-0.2, -0.15) is 0 Å². The normalized spacial score (nSPS) is 27.7. The Morgan fingerprint density at radius 2 is 1.36 bits per heavy atom. The first-order valence-electron chi connectivity index (χ1n) is 21.9. The summed E-state index contributed by atoms with van der Waals surface area (Å²) in [6, 6.07) is 38.5. The van der Waals surface area contributed by atoms with Gasteiger partial charge in [0.05, 0.1) is 6.04 Å². The minimum Gasteiger partial charge on any atom is -0.341 e. The Morgan fingerprint density at radius 3 is 2.21 bits per heavy atom. The second kappa shape index (κ2) is 14.5. The first kappa shape index (κ1) is 34.2. The molecule has 4 aromatic carbocycles. The van der Waals surface area contributed by atoms with Crippen molar-refractivity contribution >= 4 is 11.4 Å². The molecule has 1 saturated carbocycles. The highest BCUT2D eigenvalue weighted by molar-refractivity contribution is 5.76. The second-order valence-electron chi connectivity index (χ2n) is 17.6. The van der Waals surface area contributed by atoms with Crippen LogP contribution in [0.15, 0.2) is 168 Å². The fraction of sp³-hybridized carbons (Fsp3) is 0.333. The fourth-order valence-electron chi connectivity index (χ4n) is 11.8. The van der Waals surface area contributed by atoms with E-state index in [0.717, 1.165) is 19.3 Å². The van der Waals surface area contributed by atoms with Crippen LogP contribution in [-0.2, 0) is 0 Å². The van der Waals surface area contributed by atoms with Crippen LogP contribution in [0.3, 0.4) is 0 Å². The van der Waals surface area contributed by atoms with E-state index < -0.39 is 0 Å². The maximum atomic E-state index is 2.79. The molecule has 4 aromatic rings. The smallest absolute Gasteiger partial charge is 0.0626 e. The molecule has 56 heavy (non-hydrogen) atoms. The van der Waals surface area contributed by atoms with Crippen molar-refractivity contribution in [2.45, 2.75) is 113 Å². The molecule has 2 heteroatoms. The van der Waals surface area contributed by atoms with Crippen molar-refractivity contribution in [3.8, 4) is 11.1 Å². The van der Waals surface area contributed by atoms with Gasteiger partial charge < -0.3 is 9.80 Å². The summed E-state index contributed by atoms with van der Waals surface area (Å²) in [6.07, 6.45) is 34.1. The third-order valence-corrected chi connectivity index (χ3v) is 14.6. The molecular weight excluding hydrogens is 677 g/mol. The maximum Gasteiger partial charge on any atom is 0.0626 e. The number of hydrogen-bond acceptors (Lipinski definition) is 2. The van der Waals surface area contributed by atoms with Gasteiger partial charge in [-0.05, 0) is 158 Å². The minimum atomic E-state index is 0.356. The van der Waals surface area contributed by atoms with Crippen LogP contribution in [0.4, 0.5) is 11.4 Å². The SMILES string of the molecule is C1=CC2c3cc(-c4ccc(C5CCC6C(C5)c5ccccc5N6C5=CCCC(c6ccccc6)C5)cc4)ccc3N(C3=CC=C(C4=CCCCC4)CC3)C2C=C1. The van der Waals surface area contributed by atoms with E-state index in [1.165, 1.54) is 103 Å². The van der Waals surface area contributed by atoms with E-state index in [1.54, 1.807) is 22.4 Å². The second-order valence-corrected chi connectivity index (χ2v) is 17.6. The number of fused-ring (bicyclic) bond motifs is 6. The summed E-state index contributed by atoms with van der Waals surface area (Å²) in [5.74, 6) is 2.18. The Hall–Kier alpha value is -5.08. The quantitative estimate of drug-likeness (QED) is 0.195. The molecule has 2 aliphatic heterocycles. The van der Waals surface area contributed by atoms with Crippen molar-refractivity contribution in [2.75, 3.05) is 9.80 Å². The predicted octanol–water partition coefficient (Wildman–Crippen LogP) is 13.9. The monoisotopic (exact) mass is 730 g/mol. The summed E-state index contributed by atoms with van der Waals surface area (Å²) in [7, 11) is 0. The van der Waals surface area contributed by atoms with Crippen LogP contribution in [0.5, 0.6) is 0 Å². The molecule has 2 nitrogen and oxygen atoms in total. The average Bonchev–Trinajstić information content (AvgIpc) is 3.79. The molecule has 0 radical (unpaired) electrons. The lowest BCUT2D eigenvalue weighted by Gasteiger charge is -2.40. The summed E-state index contributed by atoms with van der Waals surface area (Å²) < 4.78 is 0. The first-order valence-corrected chi connectivity index (χ1v) is 21.9. The van der Waals surface area contributed by atoms with E-state index in [2.05, 4.69) is 155 Å². The van der Waals surface area contributed by atoms with Gasteiger partial charge in [0.2, 0.25) is 0 Å². The zero-order chi connectivity index (χ0) is 37.0. The average molecular weight is 731 g/mol. The van der Waals surface area contributed by atoms with Crippen molar-refractivity contribution in [3.63, 3.8) is 0 Å². The van der Waals surface area contributed by atoms with Crippen LogP contribution >= 0.6 is 0 Å². The lowest BCUT2D eigenvalue weighted by Crippen LogP contribution is -2.37. The molecule has 6 atom stereocenters. The Bertz CT molecular complexity index is 2320. The standard InChI is InChI=1S/C54H54N2/c1-3-12-37(13-4-1)39-26-30-45(31-27-39)55-51-20-9-7-18-47(51)49-35-43(28-32-53(49)55)40-22-24-41(25-23-40)44-29-33-54-50(36-44)48-19-8-10-21-52(48)56(54)46-17-11-16-42(34-46)38-14-5-2-6-15-38/h2,5-10,12,14-15,17-26,28,30,32,35,42,44,47,50-51,54H,1,3-4,11,13,16,27,29,31,33-34,36H2. The van der Waals surface area contributed by atoms with Crippen LogP contribution in [-0.4, -0.2) is 12.1 Å².